The second-order valence-electron chi connectivity index (χ2n) is 9.87. The lowest BCUT2D eigenvalue weighted by Crippen LogP contribution is -2.41. The van der Waals surface area contributed by atoms with Crippen LogP contribution in [0, 0.1) is 0 Å². The van der Waals surface area contributed by atoms with Crippen molar-refractivity contribution in [2.24, 2.45) is 4.99 Å². The topological polar surface area (TPSA) is 108 Å². The third-order valence-electron chi connectivity index (χ3n) is 6.98. The van der Waals surface area contributed by atoms with Gasteiger partial charge in [-0.25, -0.2) is 22.7 Å². The van der Waals surface area contributed by atoms with Gasteiger partial charge in [0.25, 0.3) is 0 Å². The normalized spacial score (nSPS) is 22.2. The monoisotopic (exact) mass is 544 g/mol. The van der Waals surface area contributed by atoms with Crippen LogP contribution in [0.15, 0.2) is 58.5 Å². The van der Waals surface area contributed by atoms with E-state index in [1.807, 2.05) is 24.4 Å². The summed E-state index contributed by atoms with van der Waals surface area (Å²) in [5.74, 6) is 1.31. The molecule has 0 saturated carbocycles. The largest absolute Gasteiger partial charge is 0.474 e. The zero-order valence-corrected chi connectivity index (χ0v) is 22.9. The van der Waals surface area contributed by atoms with Crippen LogP contribution in [0.4, 0.5) is 0 Å². The lowest BCUT2D eigenvalue weighted by atomic mass is 10.0. The van der Waals surface area contributed by atoms with E-state index in [2.05, 4.69) is 46.9 Å². The molecule has 9 nitrogen and oxygen atoms in total. The van der Waals surface area contributed by atoms with E-state index in [0.29, 0.717) is 31.8 Å². The molecule has 1 aromatic carbocycles. The van der Waals surface area contributed by atoms with Crippen molar-refractivity contribution in [3.8, 4) is 5.88 Å². The second-order valence-corrected chi connectivity index (χ2v) is 12.3. The van der Waals surface area contributed by atoms with Gasteiger partial charge in [-0.15, -0.1) is 0 Å². The van der Waals surface area contributed by atoms with Gasteiger partial charge in [0.15, 0.2) is 11.5 Å². The minimum absolute atomic E-state index is 0.0918. The number of aliphatic imine (C=N–C) groups is 1. The number of allylic oxidation sites excluding steroid dienone is 2. The summed E-state index contributed by atoms with van der Waals surface area (Å²) in [7, 11) is -3.19. The van der Waals surface area contributed by atoms with Gasteiger partial charge in [0.2, 0.25) is 15.9 Å². The van der Waals surface area contributed by atoms with E-state index < -0.39 is 15.6 Å². The summed E-state index contributed by atoms with van der Waals surface area (Å²) in [4.78, 5) is 9.40. The Bertz CT molecular complexity index is 1380. The van der Waals surface area contributed by atoms with E-state index >= 15 is 0 Å². The van der Waals surface area contributed by atoms with E-state index in [1.165, 1.54) is 16.1 Å². The molecule has 3 aliphatic rings. The van der Waals surface area contributed by atoms with Crippen molar-refractivity contribution in [1.82, 2.24) is 25.2 Å². The van der Waals surface area contributed by atoms with Crippen molar-refractivity contribution in [2.75, 3.05) is 19.3 Å². The van der Waals surface area contributed by atoms with Gasteiger partial charge in [-0.1, -0.05) is 35.4 Å². The first-order valence-corrected chi connectivity index (χ1v) is 14.9. The first-order valence-electron chi connectivity index (χ1n) is 12.6. The maximum atomic E-state index is 11.9. The van der Waals surface area contributed by atoms with Gasteiger partial charge in [-0.05, 0) is 57.0 Å². The number of hydrogen-bond acceptors (Lipinski definition) is 8. The number of nitrogens with zero attached hydrogens (tertiary/aromatic N) is 3. The number of amidine groups is 1. The zero-order valence-electron chi connectivity index (χ0n) is 21.3. The molecule has 1 fully saturated rings. The molecule has 1 saturated heterocycles. The highest BCUT2D eigenvalue weighted by Crippen LogP contribution is 2.30. The first kappa shape index (κ1) is 25.8. The van der Waals surface area contributed by atoms with Crippen molar-refractivity contribution in [1.29, 1.82) is 0 Å². The van der Waals surface area contributed by atoms with Crippen LogP contribution in [0.2, 0.25) is 0 Å². The highest BCUT2D eigenvalue weighted by molar-refractivity contribution is 7.88. The van der Waals surface area contributed by atoms with Crippen molar-refractivity contribution in [3.05, 3.63) is 59.2 Å². The van der Waals surface area contributed by atoms with Crippen LogP contribution in [0.1, 0.15) is 51.3 Å². The number of halogens is 1. The van der Waals surface area contributed by atoms with Crippen LogP contribution in [0.25, 0.3) is 10.8 Å². The first-order chi connectivity index (χ1) is 17.7. The summed E-state index contributed by atoms with van der Waals surface area (Å²) in [5, 5.41) is 12.2. The third-order valence-corrected chi connectivity index (χ3v) is 8.49. The quantitative estimate of drug-likeness (QED) is 0.376. The Kier molecular flexibility index (Phi) is 7.33. The summed E-state index contributed by atoms with van der Waals surface area (Å²) in [6.45, 7) is 5.08. The Morgan fingerprint density at radius 2 is 1.97 bits per heavy atom. The molecule has 3 aliphatic heterocycles. The number of hydrogen-bond donors (Lipinski definition) is 3. The van der Waals surface area contributed by atoms with Gasteiger partial charge in [-0.3, -0.25) is 0 Å². The fourth-order valence-corrected chi connectivity index (χ4v) is 5.95. The summed E-state index contributed by atoms with van der Waals surface area (Å²) >= 11 is 6.27. The number of sulfonamides is 1. The molecular weight excluding hydrogens is 512 g/mol. The van der Waals surface area contributed by atoms with Crippen LogP contribution in [-0.4, -0.2) is 54.6 Å². The van der Waals surface area contributed by atoms with Crippen molar-refractivity contribution >= 4 is 38.2 Å². The number of rotatable bonds is 6. The molecule has 0 amide bonds. The van der Waals surface area contributed by atoms with E-state index in [-0.39, 0.29) is 12.1 Å². The Morgan fingerprint density at radius 1 is 1.22 bits per heavy atom. The summed E-state index contributed by atoms with van der Waals surface area (Å²) in [5.41, 5.74) is 3.49. The highest BCUT2D eigenvalue weighted by Gasteiger charge is 2.28. The second kappa shape index (κ2) is 10.5. The number of piperidine rings is 1. The Balaban J connectivity index is 1.39. The SMILES string of the molecule is CC1=CNC2=NC(Cl)NC2=C(NC(C)c2cc3ccccc3c(OC3CCN(S(C)(=O)=O)CC3)n2)CC1. The maximum Gasteiger partial charge on any atom is 0.221 e. The van der Waals surface area contributed by atoms with Crippen molar-refractivity contribution < 1.29 is 13.2 Å². The lowest BCUT2D eigenvalue weighted by Gasteiger charge is -2.30. The molecule has 1 aromatic heterocycles. The zero-order chi connectivity index (χ0) is 26.2. The van der Waals surface area contributed by atoms with Crippen LogP contribution in [-0.2, 0) is 10.0 Å². The Hall–Kier alpha value is -2.82. The highest BCUT2D eigenvalue weighted by atomic mass is 35.5. The van der Waals surface area contributed by atoms with E-state index in [9.17, 15) is 8.42 Å². The molecule has 0 radical (unpaired) electrons. The predicted octanol–water partition coefficient (Wildman–Crippen LogP) is 3.71. The van der Waals surface area contributed by atoms with Gasteiger partial charge in [0.05, 0.1) is 23.7 Å². The summed E-state index contributed by atoms with van der Waals surface area (Å²) < 4.78 is 31.7. The molecule has 37 heavy (non-hydrogen) atoms. The van der Waals surface area contributed by atoms with Crippen molar-refractivity contribution in [3.63, 3.8) is 0 Å². The van der Waals surface area contributed by atoms with Gasteiger partial charge in [-0.2, -0.15) is 0 Å². The van der Waals surface area contributed by atoms with Gasteiger partial charge < -0.3 is 20.7 Å². The standard InChI is InChI=1S/C26H33ClN6O3S/c1-16-8-9-21(23-24(28-15-16)32-26(27)31-23)29-17(2)22-14-18-6-4-5-7-20(18)25(30-22)36-19-10-12-33(13-11-19)37(3,34)35/h4-7,14-15,17,19,26,29,31H,8-13H2,1-3H3,(H,28,32). The molecule has 2 atom stereocenters. The van der Waals surface area contributed by atoms with E-state index in [4.69, 9.17) is 21.3 Å². The Morgan fingerprint density at radius 3 is 2.73 bits per heavy atom. The minimum atomic E-state index is -3.19. The summed E-state index contributed by atoms with van der Waals surface area (Å²) in [6.07, 6.45) is 6.11. The third kappa shape index (κ3) is 5.86. The molecule has 5 rings (SSSR count). The molecule has 0 bridgehead atoms. The predicted molar refractivity (Wildman–Crippen MR) is 147 cm³/mol. The molecule has 198 valence electrons. The number of pyridine rings is 1. The minimum Gasteiger partial charge on any atom is -0.474 e. The number of nitrogens with one attached hydrogen (secondary N) is 3. The number of fused-ring (bicyclic) bond motifs is 2. The van der Waals surface area contributed by atoms with Crippen LogP contribution in [0.3, 0.4) is 0 Å². The van der Waals surface area contributed by atoms with Gasteiger partial charge in [0, 0.05) is 30.4 Å². The number of aromatic nitrogens is 1. The fourth-order valence-electron chi connectivity index (χ4n) is 4.87. The van der Waals surface area contributed by atoms with Gasteiger partial charge in [0.1, 0.15) is 6.10 Å². The van der Waals surface area contributed by atoms with E-state index in [1.54, 1.807) is 0 Å². The maximum absolute atomic E-state index is 11.9. The Labute approximate surface area is 223 Å². The lowest BCUT2D eigenvalue weighted by molar-refractivity contribution is 0.131. The molecule has 2 aromatic rings. The van der Waals surface area contributed by atoms with Crippen LogP contribution in [0.5, 0.6) is 5.88 Å². The summed E-state index contributed by atoms with van der Waals surface area (Å²) in [6, 6.07) is 10.0. The number of alkyl halides is 1. The molecular formula is C26H33ClN6O3S. The van der Waals surface area contributed by atoms with E-state index in [0.717, 1.165) is 46.5 Å². The van der Waals surface area contributed by atoms with Crippen LogP contribution >= 0.6 is 11.6 Å². The molecule has 0 aliphatic carbocycles. The van der Waals surface area contributed by atoms with Gasteiger partial charge >= 0.3 is 0 Å². The number of benzene rings is 1. The van der Waals surface area contributed by atoms with Crippen LogP contribution < -0.4 is 20.7 Å². The average Bonchev–Trinajstić information content (AvgIpc) is 3.23. The molecule has 0 spiro atoms. The average molecular weight is 545 g/mol. The molecule has 4 heterocycles. The molecule has 2 unspecified atom stereocenters. The fraction of sp³-hybridized carbons (Fsp3) is 0.462. The number of ether oxygens (including phenoxy) is 1. The van der Waals surface area contributed by atoms with Crippen molar-refractivity contribution in [2.45, 2.75) is 57.3 Å². The molecule has 3 N–H and O–H groups in total. The smallest absolute Gasteiger partial charge is 0.221 e. The molecule has 11 heteroatoms.